The predicted octanol–water partition coefficient (Wildman–Crippen LogP) is 2.38. The number of aromatic nitrogens is 2. The van der Waals surface area contributed by atoms with Crippen LogP contribution in [-0.4, -0.2) is 15.9 Å². The van der Waals surface area contributed by atoms with Gasteiger partial charge in [-0.25, -0.2) is 9.97 Å². The van der Waals surface area contributed by atoms with Crippen LogP contribution < -0.4 is 5.32 Å². The van der Waals surface area contributed by atoms with Crippen molar-refractivity contribution in [2.24, 2.45) is 0 Å². The number of nitrogens with one attached hydrogen (secondary N) is 1. The minimum atomic E-state index is -0.322. The lowest BCUT2D eigenvalue weighted by Gasteiger charge is -2.04. The van der Waals surface area contributed by atoms with Gasteiger partial charge < -0.3 is 0 Å². The molecule has 16 heavy (non-hydrogen) atoms. The molecule has 0 aliphatic rings. The maximum absolute atomic E-state index is 11.8. The Morgan fingerprint density at radius 1 is 1.12 bits per heavy atom. The number of anilines is 1. The van der Waals surface area contributed by atoms with Gasteiger partial charge in [-0.1, -0.05) is 23.7 Å². The minimum absolute atomic E-state index is 0.257. The molecule has 0 aliphatic heterocycles. The predicted molar refractivity (Wildman–Crippen MR) is 61.4 cm³/mol. The van der Waals surface area contributed by atoms with Gasteiger partial charge in [0.25, 0.3) is 5.91 Å². The second-order valence-corrected chi connectivity index (χ2v) is 3.41. The van der Waals surface area contributed by atoms with Crippen LogP contribution in [0.1, 0.15) is 10.4 Å². The van der Waals surface area contributed by atoms with E-state index >= 15 is 0 Å². The van der Waals surface area contributed by atoms with Crippen molar-refractivity contribution in [1.82, 2.24) is 9.97 Å². The van der Waals surface area contributed by atoms with E-state index in [2.05, 4.69) is 15.3 Å². The van der Waals surface area contributed by atoms with E-state index in [0.29, 0.717) is 10.6 Å². The highest BCUT2D eigenvalue weighted by Crippen LogP contribution is 2.15. The molecule has 4 nitrogen and oxygen atoms in total. The molecule has 0 fully saturated rings. The highest BCUT2D eigenvalue weighted by Gasteiger charge is 2.10. The number of carbonyl (C=O) groups excluding carboxylic acids is 1. The maximum Gasteiger partial charge on any atom is 0.259 e. The standard InChI is InChI=1S/C11H8ClN3O/c12-9-5-2-1-4-8(9)10(16)15-11-13-6-3-7-14-11/h1-7H,(H,13,14,15,16). The Balaban J connectivity index is 2.19. The summed E-state index contributed by atoms with van der Waals surface area (Å²) in [5.41, 5.74) is 0.400. The van der Waals surface area contributed by atoms with Gasteiger partial charge in [-0.15, -0.1) is 0 Å². The molecule has 0 atom stereocenters. The molecule has 0 radical (unpaired) electrons. The molecule has 80 valence electrons. The fraction of sp³-hybridized carbons (Fsp3) is 0. The molecule has 0 spiro atoms. The van der Waals surface area contributed by atoms with Crippen molar-refractivity contribution in [3.05, 3.63) is 53.3 Å². The molecule has 0 bridgehead atoms. The first-order valence-electron chi connectivity index (χ1n) is 4.60. The summed E-state index contributed by atoms with van der Waals surface area (Å²) in [6.45, 7) is 0. The van der Waals surface area contributed by atoms with E-state index in [0.717, 1.165) is 0 Å². The number of nitrogens with zero attached hydrogens (tertiary/aromatic N) is 2. The molecule has 1 aromatic heterocycles. The molecule has 0 aliphatic carbocycles. The molecule has 0 saturated heterocycles. The van der Waals surface area contributed by atoms with Crippen molar-refractivity contribution in [1.29, 1.82) is 0 Å². The number of rotatable bonds is 2. The summed E-state index contributed by atoms with van der Waals surface area (Å²) in [7, 11) is 0. The first-order valence-corrected chi connectivity index (χ1v) is 4.98. The summed E-state index contributed by atoms with van der Waals surface area (Å²) in [5.74, 6) is -0.0655. The number of hydrogen-bond acceptors (Lipinski definition) is 3. The summed E-state index contributed by atoms with van der Waals surface area (Å²) >= 11 is 5.88. The van der Waals surface area contributed by atoms with Gasteiger partial charge in [0, 0.05) is 12.4 Å². The van der Waals surface area contributed by atoms with Crippen LogP contribution in [0, 0.1) is 0 Å². The van der Waals surface area contributed by atoms with E-state index in [4.69, 9.17) is 11.6 Å². The molecule has 0 saturated carbocycles. The molecule has 2 rings (SSSR count). The molecule has 2 aromatic rings. The number of benzene rings is 1. The molecular formula is C11H8ClN3O. The molecule has 1 aromatic carbocycles. The summed E-state index contributed by atoms with van der Waals surface area (Å²) in [4.78, 5) is 19.5. The first-order chi connectivity index (χ1) is 7.77. The smallest absolute Gasteiger partial charge is 0.259 e. The van der Waals surface area contributed by atoms with E-state index in [9.17, 15) is 4.79 Å². The Bertz CT molecular complexity index is 502. The van der Waals surface area contributed by atoms with Crippen molar-refractivity contribution in [2.45, 2.75) is 0 Å². The Morgan fingerprint density at radius 2 is 1.81 bits per heavy atom. The summed E-state index contributed by atoms with van der Waals surface area (Å²) in [5, 5.41) is 2.95. The van der Waals surface area contributed by atoms with E-state index in [1.807, 2.05) is 0 Å². The lowest BCUT2D eigenvalue weighted by molar-refractivity contribution is 0.102. The summed E-state index contributed by atoms with van der Waals surface area (Å²) in [6, 6.07) is 8.47. The fourth-order valence-corrected chi connectivity index (χ4v) is 1.40. The third kappa shape index (κ3) is 2.35. The van der Waals surface area contributed by atoms with Gasteiger partial charge in [-0.2, -0.15) is 0 Å². The second-order valence-electron chi connectivity index (χ2n) is 3.01. The monoisotopic (exact) mass is 233 g/mol. The van der Waals surface area contributed by atoms with Gasteiger partial charge >= 0.3 is 0 Å². The van der Waals surface area contributed by atoms with Crippen LogP contribution in [0.3, 0.4) is 0 Å². The van der Waals surface area contributed by atoms with E-state index < -0.39 is 0 Å². The van der Waals surface area contributed by atoms with Crippen molar-refractivity contribution in [2.75, 3.05) is 5.32 Å². The third-order valence-corrected chi connectivity index (χ3v) is 2.24. The van der Waals surface area contributed by atoms with Crippen LogP contribution in [0.15, 0.2) is 42.7 Å². The van der Waals surface area contributed by atoms with Gasteiger partial charge in [0.2, 0.25) is 5.95 Å². The van der Waals surface area contributed by atoms with Gasteiger partial charge in [0.05, 0.1) is 10.6 Å². The average Bonchev–Trinajstić information content (AvgIpc) is 2.31. The minimum Gasteiger partial charge on any atom is -0.290 e. The highest BCUT2D eigenvalue weighted by molar-refractivity contribution is 6.34. The van der Waals surface area contributed by atoms with Crippen molar-refractivity contribution in [3.8, 4) is 0 Å². The Kier molecular flexibility index (Phi) is 3.12. The zero-order valence-electron chi connectivity index (χ0n) is 8.22. The van der Waals surface area contributed by atoms with E-state index in [1.165, 1.54) is 0 Å². The SMILES string of the molecule is O=C(Nc1ncccn1)c1ccccc1Cl. The van der Waals surface area contributed by atoms with E-state index in [-0.39, 0.29) is 11.9 Å². The number of amides is 1. The molecule has 0 unspecified atom stereocenters. The van der Waals surface area contributed by atoms with Gasteiger partial charge in [-0.3, -0.25) is 10.1 Å². The second kappa shape index (κ2) is 4.72. The average molecular weight is 234 g/mol. The van der Waals surface area contributed by atoms with Crippen LogP contribution in [0.5, 0.6) is 0 Å². The first kappa shape index (κ1) is 10.6. The maximum atomic E-state index is 11.8. The number of carbonyl (C=O) groups is 1. The molecule has 5 heteroatoms. The number of hydrogen-bond donors (Lipinski definition) is 1. The topological polar surface area (TPSA) is 54.9 Å². The van der Waals surface area contributed by atoms with Gasteiger partial charge in [0.15, 0.2) is 0 Å². The van der Waals surface area contributed by atoms with Crippen molar-refractivity contribution < 1.29 is 4.79 Å². The Hall–Kier alpha value is -1.94. The Labute approximate surface area is 97.3 Å². The molecular weight excluding hydrogens is 226 g/mol. The largest absolute Gasteiger partial charge is 0.290 e. The number of halogens is 1. The third-order valence-electron chi connectivity index (χ3n) is 1.91. The summed E-state index contributed by atoms with van der Waals surface area (Å²) in [6.07, 6.45) is 3.10. The van der Waals surface area contributed by atoms with Crippen LogP contribution in [0.25, 0.3) is 0 Å². The fourth-order valence-electron chi connectivity index (χ4n) is 1.18. The normalized spacial score (nSPS) is 9.81. The summed E-state index contributed by atoms with van der Waals surface area (Å²) < 4.78 is 0. The lowest BCUT2D eigenvalue weighted by atomic mass is 10.2. The van der Waals surface area contributed by atoms with Crippen LogP contribution >= 0.6 is 11.6 Å². The van der Waals surface area contributed by atoms with Crippen LogP contribution in [0.4, 0.5) is 5.95 Å². The quantitative estimate of drug-likeness (QED) is 0.867. The lowest BCUT2D eigenvalue weighted by Crippen LogP contribution is -2.14. The Morgan fingerprint density at radius 3 is 2.50 bits per heavy atom. The van der Waals surface area contributed by atoms with Crippen LogP contribution in [-0.2, 0) is 0 Å². The molecule has 1 N–H and O–H groups in total. The van der Waals surface area contributed by atoms with E-state index in [1.54, 1.807) is 42.7 Å². The van der Waals surface area contributed by atoms with Gasteiger partial charge in [0.1, 0.15) is 0 Å². The van der Waals surface area contributed by atoms with Crippen LogP contribution in [0.2, 0.25) is 5.02 Å². The van der Waals surface area contributed by atoms with Crippen molar-refractivity contribution >= 4 is 23.5 Å². The zero-order valence-corrected chi connectivity index (χ0v) is 8.98. The van der Waals surface area contributed by atoms with Gasteiger partial charge in [-0.05, 0) is 18.2 Å². The molecule has 1 amide bonds. The van der Waals surface area contributed by atoms with Crippen molar-refractivity contribution in [3.63, 3.8) is 0 Å². The molecule has 1 heterocycles. The zero-order chi connectivity index (χ0) is 11.4. The highest BCUT2D eigenvalue weighted by atomic mass is 35.5.